The first kappa shape index (κ1) is 16.9. The Morgan fingerprint density at radius 3 is 2.53 bits per heavy atom. The highest BCUT2D eigenvalue weighted by molar-refractivity contribution is 7.89. The van der Waals surface area contributed by atoms with Crippen molar-refractivity contribution >= 4 is 33.0 Å². The average Bonchev–Trinajstić information content (AvgIpc) is 2.71. The Kier molecular flexibility index (Phi) is 6.26. The number of alkyl halides is 1. The highest BCUT2D eigenvalue weighted by Gasteiger charge is 2.29. The number of halogens is 1. The molecule has 7 heteroatoms. The Morgan fingerprint density at radius 1 is 1.47 bits per heavy atom. The van der Waals surface area contributed by atoms with Crippen LogP contribution >= 0.6 is 22.9 Å². The fraction of sp³-hybridized carbons (Fsp3) is 0.667. The smallest absolute Gasteiger partial charge is 0.244 e. The van der Waals surface area contributed by atoms with Gasteiger partial charge in [-0.05, 0) is 26.8 Å². The van der Waals surface area contributed by atoms with Crippen LogP contribution in [0.1, 0.15) is 23.6 Å². The minimum Gasteiger partial charge on any atom is -0.383 e. The largest absolute Gasteiger partial charge is 0.383 e. The van der Waals surface area contributed by atoms with Crippen molar-refractivity contribution in [2.45, 2.75) is 37.6 Å². The van der Waals surface area contributed by atoms with Gasteiger partial charge in [-0.1, -0.05) is 0 Å². The number of aryl methyl sites for hydroxylation is 1. The number of rotatable bonds is 7. The summed E-state index contributed by atoms with van der Waals surface area (Å²) in [7, 11) is -1.93. The van der Waals surface area contributed by atoms with Crippen LogP contribution < -0.4 is 0 Å². The van der Waals surface area contributed by atoms with Crippen molar-refractivity contribution in [1.29, 1.82) is 0 Å². The van der Waals surface area contributed by atoms with E-state index < -0.39 is 10.0 Å². The Morgan fingerprint density at radius 2 is 2.11 bits per heavy atom. The van der Waals surface area contributed by atoms with Crippen LogP contribution in [0.3, 0.4) is 0 Å². The van der Waals surface area contributed by atoms with Crippen LogP contribution in [0.4, 0.5) is 0 Å². The summed E-state index contributed by atoms with van der Waals surface area (Å²) < 4.78 is 31.8. The molecule has 19 heavy (non-hydrogen) atoms. The molecule has 0 aliphatic heterocycles. The first-order chi connectivity index (χ1) is 8.84. The number of sulfonamides is 1. The van der Waals surface area contributed by atoms with E-state index in [2.05, 4.69) is 0 Å². The van der Waals surface area contributed by atoms with E-state index in [0.29, 0.717) is 23.9 Å². The van der Waals surface area contributed by atoms with Gasteiger partial charge in [0.05, 0.1) is 17.4 Å². The zero-order chi connectivity index (χ0) is 14.6. The van der Waals surface area contributed by atoms with E-state index in [1.165, 1.54) is 15.6 Å². The Balaban J connectivity index is 3.14. The van der Waals surface area contributed by atoms with Crippen LogP contribution in [-0.2, 0) is 20.6 Å². The monoisotopic (exact) mass is 325 g/mol. The van der Waals surface area contributed by atoms with Crippen LogP contribution in [0.15, 0.2) is 11.0 Å². The minimum absolute atomic E-state index is 0.112. The van der Waals surface area contributed by atoms with Gasteiger partial charge in [0, 0.05) is 29.5 Å². The van der Waals surface area contributed by atoms with Gasteiger partial charge in [-0.2, -0.15) is 4.31 Å². The fourth-order valence-corrected chi connectivity index (χ4v) is 5.13. The molecule has 0 atom stereocenters. The highest BCUT2D eigenvalue weighted by Crippen LogP contribution is 2.29. The molecule has 4 nitrogen and oxygen atoms in total. The standard InChI is InChI=1S/C12H20ClNO3S2/c1-9(2)14(5-6-17-4)19(15,16)12-7-11(8-13)18-10(12)3/h7,9H,5-6,8H2,1-4H3. The maximum Gasteiger partial charge on any atom is 0.244 e. The molecule has 0 N–H and O–H groups in total. The first-order valence-corrected chi connectivity index (χ1v) is 8.79. The van der Waals surface area contributed by atoms with E-state index in [-0.39, 0.29) is 6.04 Å². The van der Waals surface area contributed by atoms with E-state index in [1.54, 1.807) is 13.2 Å². The van der Waals surface area contributed by atoms with E-state index in [1.807, 2.05) is 20.8 Å². The molecule has 0 aromatic carbocycles. The predicted octanol–water partition coefficient (Wildman–Crippen LogP) is 2.84. The topological polar surface area (TPSA) is 46.6 Å². The lowest BCUT2D eigenvalue weighted by Crippen LogP contribution is -2.39. The van der Waals surface area contributed by atoms with Crippen molar-refractivity contribution in [3.8, 4) is 0 Å². The molecule has 1 aromatic rings. The van der Waals surface area contributed by atoms with Gasteiger partial charge in [0.15, 0.2) is 0 Å². The number of ether oxygens (including phenoxy) is 1. The normalized spacial score (nSPS) is 12.6. The van der Waals surface area contributed by atoms with Crippen LogP contribution in [0.25, 0.3) is 0 Å². The Hall–Kier alpha value is -0.140. The maximum absolute atomic E-state index is 12.7. The van der Waals surface area contributed by atoms with Gasteiger partial charge in [0.25, 0.3) is 0 Å². The molecule has 1 aromatic heterocycles. The number of methoxy groups -OCH3 is 1. The van der Waals surface area contributed by atoms with E-state index in [4.69, 9.17) is 16.3 Å². The molecule has 1 rings (SSSR count). The fourth-order valence-electron chi connectivity index (χ4n) is 1.81. The molecule has 0 radical (unpaired) electrons. The third-order valence-corrected chi connectivity index (χ3v) is 6.56. The van der Waals surface area contributed by atoms with Crippen LogP contribution in [-0.4, -0.2) is 39.0 Å². The molecule has 0 spiro atoms. The molecule has 0 unspecified atom stereocenters. The third-order valence-electron chi connectivity index (χ3n) is 2.73. The van der Waals surface area contributed by atoms with Gasteiger partial charge in [-0.15, -0.1) is 22.9 Å². The minimum atomic E-state index is -3.49. The van der Waals surface area contributed by atoms with Crippen molar-refractivity contribution < 1.29 is 13.2 Å². The zero-order valence-electron chi connectivity index (χ0n) is 11.6. The summed E-state index contributed by atoms with van der Waals surface area (Å²) in [5, 5.41) is 0. The van der Waals surface area contributed by atoms with Gasteiger partial charge in [-0.3, -0.25) is 0 Å². The van der Waals surface area contributed by atoms with Crippen LogP contribution in [0, 0.1) is 6.92 Å². The van der Waals surface area contributed by atoms with Crippen molar-refractivity contribution in [3.05, 3.63) is 15.8 Å². The first-order valence-electron chi connectivity index (χ1n) is 6.00. The maximum atomic E-state index is 12.7. The molecule has 1 heterocycles. The van der Waals surface area contributed by atoms with Crippen molar-refractivity contribution in [2.75, 3.05) is 20.3 Å². The second kappa shape index (κ2) is 7.04. The summed E-state index contributed by atoms with van der Waals surface area (Å²) in [4.78, 5) is 2.00. The zero-order valence-corrected chi connectivity index (χ0v) is 14.0. The third kappa shape index (κ3) is 3.92. The van der Waals surface area contributed by atoms with E-state index >= 15 is 0 Å². The van der Waals surface area contributed by atoms with Crippen LogP contribution in [0.2, 0.25) is 0 Å². The summed E-state index contributed by atoms with van der Waals surface area (Å²) >= 11 is 7.20. The number of hydrogen-bond donors (Lipinski definition) is 0. The van der Waals surface area contributed by atoms with Crippen molar-refractivity contribution in [3.63, 3.8) is 0 Å². The Labute approximate surface area is 124 Å². The molecular formula is C12H20ClNO3S2. The van der Waals surface area contributed by atoms with E-state index in [9.17, 15) is 8.42 Å². The second-order valence-corrected chi connectivity index (χ2v) is 7.94. The molecular weight excluding hydrogens is 306 g/mol. The number of thiophene rings is 1. The summed E-state index contributed by atoms with van der Waals surface area (Å²) in [5.41, 5.74) is 0. The van der Waals surface area contributed by atoms with Gasteiger partial charge >= 0.3 is 0 Å². The lowest BCUT2D eigenvalue weighted by molar-refractivity contribution is 0.171. The quantitative estimate of drug-likeness (QED) is 0.724. The highest BCUT2D eigenvalue weighted by atomic mass is 35.5. The van der Waals surface area contributed by atoms with Gasteiger partial charge in [0.1, 0.15) is 0 Å². The summed E-state index contributed by atoms with van der Waals surface area (Å²) in [6.07, 6.45) is 0. The molecule has 0 amide bonds. The van der Waals surface area contributed by atoms with Crippen molar-refractivity contribution in [1.82, 2.24) is 4.31 Å². The number of hydrogen-bond acceptors (Lipinski definition) is 4. The predicted molar refractivity (Wildman–Crippen MR) is 79.5 cm³/mol. The van der Waals surface area contributed by atoms with Crippen LogP contribution in [0.5, 0.6) is 0 Å². The molecule has 0 aliphatic rings. The molecule has 0 aliphatic carbocycles. The van der Waals surface area contributed by atoms with Gasteiger partial charge in [-0.25, -0.2) is 8.42 Å². The van der Waals surface area contributed by atoms with Gasteiger partial charge in [0.2, 0.25) is 10.0 Å². The average molecular weight is 326 g/mol. The second-order valence-electron chi connectivity index (χ2n) is 4.47. The molecule has 0 fully saturated rings. The Bertz CT molecular complexity index is 511. The van der Waals surface area contributed by atoms with Gasteiger partial charge < -0.3 is 4.74 Å². The summed E-state index contributed by atoms with van der Waals surface area (Å²) in [5.74, 6) is 0.334. The van der Waals surface area contributed by atoms with Crippen molar-refractivity contribution in [2.24, 2.45) is 0 Å². The molecule has 0 saturated carbocycles. The molecule has 0 saturated heterocycles. The lowest BCUT2D eigenvalue weighted by atomic mass is 10.4. The summed E-state index contributed by atoms with van der Waals surface area (Å²) in [6.45, 7) is 6.25. The number of nitrogens with zero attached hydrogens (tertiary/aromatic N) is 1. The van der Waals surface area contributed by atoms with E-state index in [0.717, 1.165) is 9.75 Å². The summed E-state index contributed by atoms with van der Waals surface area (Å²) in [6, 6.07) is 1.56. The molecule has 0 bridgehead atoms. The SMILES string of the molecule is COCCN(C(C)C)S(=O)(=O)c1cc(CCl)sc1C. The lowest BCUT2D eigenvalue weighted by Gasteiger charge is -2.25. The molecule has 110 valence electrons.